The summed E-state index contributed by atoms with van der Waals surface area (Å²) in [6.07, 6.45) is 9.91. The van der Waals surface area contributed by atoms with Crippen LogP contribution in [0.3, 0.4) is 0 Å². The Kier molecular flexibility index (Phi) is 5.91. The first-order valence-corrected chi connectivity index (χ1v) is 9.61. The van der Waals surface area contributed by atoms with Crippen molar-refractivity contribution in [3.63, 3.8) is 0 Å². The molecule has 0 saturated carbocycles. The largest absolute Gasteiger partial charge is 0.332 e. The van der Waals surface area contributed by atoms with E-state index >= 15 is 0 Å². The molecular weight excluding hydrogens is 268 g/mol. The van der Waals surface area contributed by atoms with Crippen molar-refractivity contribution in [2.75, 3.05) is 26.2 Å². The molecule has 0 aromatic heterocycles. The van der Waals surface area contributed by atoms with E-state index in [0.29, 0.717) is 0 Å². The fourth-order valence-corrected chi connectivity index (χ4v) is 4.38. The van der Waals surface area contributed by atoms with Crippen molar-refractivity contribution >= 4 is 0 Å². The molecule has 2 N–H and O–H groups in total. The van der Waals surface area contributed by atoms with E-state index < -0.39 is 0 Å². The van der Waals surface area contributed by atoms with Crippen LogP contribution in [0.2, 0.25) is 0 Å². The standard InChI is InChI=1S/C20H32N2/c1-2-18-7-9-19(10-8-18)17-21-15-11-20(12-16-21)22-13-5-3-4-6-14-22/h7-10,20H,2-6,11-17H2,1H3/p+2. The van der Waals surface area contributed by atoms with Gasteiger partial charge in [0, 0.05) is 18.4 Å². The van der Waals surface area contributed by atoms with E-state index in [4.69, 9.17) is 0 Å². The Hall–Kier alpha value is -0.860. The second kappa shape index (κ2) is 8.12. The first-order valence-electron chi connectivity index (χ1n) is 9.61. The van der Waals surface area contributed by atoms with Crippen molar-refractivity contribution in [2.24, 2.45) is 0 Å². The van der Waals surface area contributed by atoms with Crippen LogP contribution in [0.25, 0.3) is 0 Å². The van der Waals surface area contributed by atoms with E-state index in [2.05, 4.69) is 31.2 Å². The second-order valence-corrected chi connectivity index (χ2v) is 7.44. The van der Waals surface area contributed by atoms with Gasteiger partial charge in [0.1, 0.15) is 6.54 Å². The lowest BCUT2D eigenvalue weighted by Crippen LogP contribution is -3.20. The van der Waals surface area contributed by atoms with E-state index in [-0.39, 0.29) is 0 Å². The normalized spacial score (nSPS) is 27.5. The molecule has 2 nitrogen and oxygen atoms in total. The zero-order valence-electron chi connectivity index (χ0n) is 14.4. The highest BCUT2D eigenvalue weighted by Crippen LogP contribution is 2.06. The summed E-state index contributed by atoms with van der Waals surface area (Å²) < 4.78 is 0. The van der Waals surface area contributed by atoms with Crippen molar-refractivity contribution in [1.29, 1.82) is 0 Å². The lowest BCUT2D eigenvalue weighted by Gasteiger charge is -2.34. The minimum atomic E-state index is 0.962. The van der Waals surface area contributed by atoms with Crippen molar-refractivity contribution < 1.29 is 9.80 Å². The minimum absolute atomic E-state index is 0.962. The van der Waals surface area contributed by atoms with Crippen LogP contribution in [0.4, 0.5) is 0 Å². The Labute approximate surface area is 136 Å². The van der Waals surface area contributed by atoms with Gasteiger partial charge in [0.15, 0.2) is 0 Å². The number of likely N-dealkylation sites (tertiary alicyclic amines) is 2. The lowest BCUT2D eigenvalue weighted by molar-refractivity contribution is -0.963. The fourth-order valence-electron chi connectivity index (χ4n) is 4.38. The number of nitrogens with one attached hydrogen (secondary N) is 2. The molecule has 2 aliphatic heterocycles. The third-order valence-corrected chi connectivity index (χ3v) is 5.90. The molecule has 2 saturated heterocycles. The highest BCUT2D eigenvalue weighted by atomic mass is 15.2. The molecule has 1 aromatic rings. The molecular formula is C20H34N2+2. The van der Waals surface area contributed by atoms with E-state index in [0.717, 1.165) is 12.5 Å². The molecule has 2 aliphatic rings. The molecule has 3 rings (SSSR count). The quantitative estimate of drug-likeness (QED) is 0.828. The van der Waals surface area contributed by atoms with Gasteiger partial charge in [-0.15, -0.1) is 0 Å². The summed E-state index contributed by atoms with van der Waals surface area (Å²) in [6, 6.07) is 10.3. The minimum Gasteiger partial charge on any atom is -0.332 e. The maximum Gasteiger partial charge on any atom is 0.103 e. The highest BCUT2D eigenvalue weighted by molar-refractivity contribution is 5.21. The Morgan fingerprint density at radius 2 is 1.41 bits per heavy atom. The molecule has 2 heterocycles. The first kappa shape index (κ1) is 16.0. The molecule has 0 atom stereocenters. The van der Waals surface area contributed by atoms with E-state index in [1.165, 1.54) is 82.4 Å². The lowest BCUT2D eigenvalue weighted by atomic mass is 10.0. The van der Waals surface area contributed by atoms with Gasteiger partial charge in [-0.2, -0.15) is 0 Å². The van der Waals surface area contributed by atoms with Crippen molar-refractivity contribution in [3.05, 3.63) is 35.4 Å². The number of hydrogen-bond donors (Lipinski definition) is 2. The van der Waals surface area contributed by atoms with E-state index in [1.807, 2.05) is 4.90 Å². The van der Waals surface area contributed by atoms with Gasteiger partial charge in [0.2, 0.25) is 0 Å². The highest BCUT2D eigenvalue weighted by Gasteiger charge is 2.30. The second-order valence-electron chi connectivity index (χ2n) is 7.44. The predicted molar refractivity (Wildman–Crippen MR) is 92.4 cm³/mol. The molecule has 0 aliphatic carbocycles. The van der Waals surface area contributed by atoms with Gasteiger partial charge in [0.25, 0.3) is 0 Å². The molecule has 122 valence electrons. The number of rotatable bonds is 4. The number of aryl methyl sites for hydroxylation is 1. The van der Waals surface area contributed by atoms with Crippen LogP contribution in [0, 0.1) is 0 Å². The van der Waals surface area contributed by atoms with Crippen molar-refractivity contribution in [2.45, 2.75) is 64.5 Å². The number of benzene rings is 1. The monoisotopic (exact) mass is 302 g/mol. The SMILES string of the molecule is CCc1ccc(C[NH+]2CCC([NH+]3CCCCCC3)CC2)cc1. The van der Waals surface area contributed by atoms with Gasteiger partial charge in [0.05, 0.1) is 32.2 Å². The van der Waals surface area contributed by atoms with Gasteiger partial charge in [-0.3, -0.25) is 0 Å². The van der Waals surface area contributed by atoms with Crippen LogP contribution in [0.5, 0.6) is 0 Å². The summed E-state index contributed by atoms with van der Waals surface area (Å²) in [5.74, 6) is 0. The molecule has 1 aromatic carbocycles. The molecule has 0 unspecified atom stereocenters. The summed E-state index contributed by atoms with van der Waals surface area (Å²) >= 11 is 0. The number of hydrogen-bond acceptors (Lipinski definition) is 0. The topological polar surface area (TPSA) is 8.88 Å². The average molecular weight is 303 g/mol. The number of piperidine rings is 1. The van der Waals surface area contributed by atoms with Gasteiger partial charge in [-0.1, -0.05) is 31.2 Å². The summed E-state index contributed by atoms with van der Waals surface area (Å²) in [6.45, 7) is 9.10. The molecule has 0 spiro atoms. The van der Waals surface area contributed by atoms with Crippen LogP contribution in [0.15, 0.2) is 24.3 Å². The maximum atomic E-state index is 2.35. The first-order chi connectivity index (χ1) is 10.8. The molecule has 0 bridgehead atoms. The summed E-state index contributed by atoms with van der Waals surface area (Å²) in [5.41, 5.74) is 2.98. The van der Waals surface area contributed by atoms with Gasteiger partial charge in [-0.25, -0.2) is 0 Å². The zero-order chi connectivity index (χ0) is 15.2. The smallest absolute Gasteiger partial charge is 0.103 e. The van der Waals surface area contributed by atoms with Crippen molar-refractivity contribution in [3.8, 4) is 0 Å². The summed E-state index contributed by atoms with van der Waals surface area (Å²) in [4.78, 5) is 3.73. The van der Waals surface area contributed by atoms with Gasteiger partial charge >= 0.3 is 0 Å². The summed E-state index contributed by atoms with van der Waals surface area (Å²) in [5, 5.41) is 0. The average Bonchev–Trinajstić information content (AvgIpc) is 2.86. The zero-order valence-corrected chi connectivity index (χ0v) is 14.4. The Balaban J connectivity index is 1.46. The molecule has 2 fully saturated rings. The predicted octanol–water partition coefficient (Wildman–Crippen LogP) is 1.26. The molecule has 22 heavy (non-hydrogen) atoms. The summed E-state index contributed by atoms with van der Waals surface area (Å²) in [7, 11) is 0. The molecule has 2 heteroatoms. The Morgan fingerprint density at radius 3 is 2.00 bits per heavy atom. The molecule has 0 amide bonds. The van der Waals surface area contributed by atoms with Crippen LogP contribution >= 0.6 is 0 Å². The van der Waals surface area contributed by atoms with Gasteiger partial charge < -0.3 is 9.80 Å². The van der Waals surface area contributed by atoms with Crippen LogP contribution in [-0.4, -0.2) is 32.2 Å². The maximum absolute atomic E-state index is 2.35. The van der Waals surface area contributed by atoms with E-state index in [9.17, 15) is 0 Å². The van der Waals surface area contributed by atoms with Crippen molar-refractivity contribution in [1.82, 2.24) is 0 Å². The fraction of sp³-hybridized carbons (Fsp3) is 0.700. The third-order valence-electron chi connectivity index (χ3n) is 5.90. The van der Waals surface area contributed by atoms with E-state index in [1.54, 1.807) is 4.90 Å². The Morgan fingerprint density at radius 1 is 0.818 bits per heavy atom. The van der Waals surface area contributed by atoms with Crippen LogP contribution < -0.4 is 9.80 Å². The number of quaternary nitrogens is 2. The van der Waals surface area contributed by atoms with Crippen LogP contribution in [0.1, 0.15) is 56.6 Å². The Bertz CT molecular complexity index is 424. The molecule has 0 radical (unpaired) electrons. The van der Waals surface area contributed by atoms with Gasteiger partial charge in [-0.05, 0) is 37.7 Å². The third kappa shape index (κ3) is 4.33. The van der Waals surface area contributed by atoms with Crippen LogP contribution in [-0.2, 0) is 13.0 Å².